The number of phenols is 1. The van der Waals surface area contributed by atoms with Crippen LogP contribution < -0.4 is 0 Å². The van der Waals surface area contributed by atoms with Gasteiger partial charge in [-0.3, -0.25) is 0 Å². The predicted octanol–water partition coefficient (Wildman–Crippen LogP) is 5.60. The van der Waals surface area contributed by atoms with Gasteiger partial charge in [-0.25, -0.2) is 0 Å². The molecule has 0 amide bonds. The molecule has 0 fully saturated rings. The van der Waals surface area contributed by atoms with Crippen LogP contribution in [0.4, 0.5) is 0 Å². The lowest BCUT2D eigenvalue weighted by Crippen LogP contribution is -2.17. The third-order valence-electron chi connectivity index (χ3n) is 3.46. The molecule has 0 saturated carbocycles. The van der Waals surface area contributed by atoms with E-state index in [1.54, 1.807) is 0 Å². The van der Waals surface area contributed by atoms with Crippen LogP contribution in [0.25, 0.3) is 6.08 Å². The maximum absolute atomic E-state index is 10.7. The molecule has 0 spiro atoms. The monoisotopic (exact) mass is 317 g/mol. The van der Waals surface area contributed by atoms with E-state index >= 15 is 0 Å². The predicted molar refractivity (Wildman–Crippen MR) is 97.2 cm³/mol. The van der Waals surface area contributed by atoms with E-state index in [0.717, 1.165) is 22.4 Å². The molecular weight excluding hydrogens is 290 g/mol. The Balaban J connectivity index is 3.59. The number of hydrogen-bond donors (Lipinski definition) is 1. The van der Waals surface area contributed by atoms with Gasteiger partial charge in [-0.15, -0.1) is 11.8 Å². The molecule has 0 unspecified atom stereocenters. The van der Waals surface area contributed by atoms with Crippen molar-refractivity contribution in [2.45, 2.75) is 59.3 Å². The van der Waals surface area contributed by atoms with Crippen molar-refractivity contribution in [3.8, 4) is 11.8 Å². The fourth-order valence-electron chi connectivity index (χ4n) is 2.30. The van der Waals surface area contributed by atoms with Gasteiger partial charge in [0.15, 0.2) is 0 Å². The highest BCUT2D eigenvalue weighted by Gasteiger charge is 2.26. The quantitative estimate of drug-likeness (QED) is 0.737. The average molecular weight is 317 g/mol. The summed E-state index contributed by atoms with van der Waals surface area (Å²) in [4.78, 5) is 0.702. The molecule has 3 heteroatoms. The largest absolute Gasteiger partial charge is 0.507 e. The van der Waals surface area contributed by atoms with Gasteiger partial charge in [0.05, 0.1) is 4.91 Å². The molecule has 0 saturated heterocycles. The van der Waals surface area contributed by atoms with E-state index in [-0.39, 0.29) is 10.8 Å². The summed E-state index contributed by atoms with van der Waals surface area (Å²) in [6.07, 6.45) is 1.91. The fourth-order valence-corrected chi connectivity index (χ4v) is 2.89. The Bertz CT molecular complexity index is 575. The first-order valence-corrected chi connectivity index (χ1v) is 8.61. The number of thioether (sulfide) groups is 1. The zero-order valence-electron chi connectivity index (χ0n) is 14.7. The van der Waals surface area contributed by atoms with Gasteiger partial charge in [-0.05, 0) is 40.4 Å². The van der Waals surface area contributed by atoms with Crippen LogP contribution in [0.5, 0.6) is 5.75 Å². The van der Waals surface area contributed by atoms with Gasteiger partial charge in [0, 0.05) is 11.1 Å². The van der Waals surface area contributed by atoms with Crippen LogP contribution in [0.2, 0.25) is 0 Å². The van der Waals surface area contributed by atoms with Crippen LogP contribution in [0.1, 0.15) is 65.2 Å². The highest BCUT2D eigenvalue weighted by molar-refractivity contribution is 8.03. The molecular formula is C19H27NOS. The van der Waals surface area contributed by atoms with Crippen molar-refractivity contribution in [1.29, 1.82) is 5.26 Å². The van der Waals surface area contributed by atoms with Gasteiger partial charge in [-0.2, -0.15) is 5.26 Å². The number of allylic oxidation sites excluding steroid dienone is 1. The summed E-state index contributed by atoms with van der Waals surface area (Å²) in [7, 11) is 0. The summed E-state index contributed by atoms with van der Waals surface area (Å²) in [6, 6.07) is 6.24. The molecule has 0 bridgehead atoms. The van der Waals surface area contributed by atoms with E-state index in [9.17, 15) is 10.4 Å². The number of nitrogens with zero attached hydrogens (tertiary/aromatic N) is 1. The lowest BCUT2D eigenvalue weighted by molar-refractivity contribution is 0.423. The molecule has 1 N–H and O–H groups in total. The first-order chi connectivity index (χ1) is 10.0. The molecule has 0 aliphatic heterocycles. The molecule has 22 heavy (non-hydrogen) atoms. The molecule has 0 heterocycles. The number of phenolic OH excluding ortho intramolecular Hbond substituents is 1. The molecule has 120 valence electrons. The number of nitriles is 1. The Morgan fingerprint density at radius 2 is 1.59 bits per heavy atom. The maximum Gasteiger partial charge on any atom is 0.123 e. The topological polar surface area (TPSA) is 44.0 Å². The summed E-state index contributed by atoms with van der Waals surface area (Å²) in [5, 5.41) is 19.9. The molecule has 1 aromatic rings. The third-order valence-corrected chi connectivity index (χ3v) is 4.26. The standard InChI is InChI=1S/C19H27NOS/c1-8-22-14(12-20)9-13-10-15(18(2,3)4)17(21)16(11-13)19(5,6)7/h9-11,21H,8H2,1-7H3. The molecule has 2 nitrogen and oxygen atoms in total. The van der Waals surface area contributed by atoms with Gasteiger partial charge >= 0.3 is 0 Å². The van der Waals surface area contributed by atoms with Gasteiger partial charge in [0.2, 0.25) is 0 Å². The van der Waals surface area contributed by atoms with Gasteiger partial charge in [-0.1, -0.05) is 48.5 Å². The first kappa shape index (κ1) is 18.6. The lowest BCUT2D eigenvalue weighted by atomic mass is 9.78. The van der Waals surface area contributed by atoms with E-state index in [4.69, 9.17) is 0 Å². The van der Waals surface area contributed by atoms with Crippen LogP contribution in [-0.4, -0.2) is 10.9 Å². The molecule has 0 radical (unpaired) electrons. The van der Waals surface area contributed by atoms with Crippen LogP contribution in [-0.2, 0) is 10.8 Å². The van der Waals surface area contributed by atoms with E-state index in [2.05, 4.69) is 47.6 Å². The number of aromatic hydroxyl groups is 1. The van der Waals surface area contributed by atoms with Gasteiger partial charge in [0.1, 0.15) is 11.8 Å². The van der Waals surface area contributed by atoms with Crippen LogP contribution >= 0.6 is 11.8 Å². The number of benzene rings is 1. The summed E-state index contributed by atoms with van der Waals surface area (Å²) < 4.78 is 0. The second kappa shape index (κ2) is 6.79. The Morgan fingerprint density at radius 1 is 1.14 bits per heavy atom. The zero-order valence-corrected chi connectivity index (χ0v) is 15.6. The molecule has 0 aliphatic carbocycles. The number of rotatable bonds is 3. The Morgan fingerprint density at radius 3 is 1.91 bits per heavy atom. The fraction of sp³-hybridized carbons (Fsp3) is 0.526. The number of hydrogen-bond acceptors (Lipinski definition) is 3. The van der Waals surface area contributed by atoms with Gasteiger partial charge in [0.25, 0.3) is 0 Å². The average Bonchev–Trinajstić information content (AvgIpc) is 2.37. The van der Waals surface area contributed by atoms with Crippen LogP contribution in [0.3, 0.4) is 0 Å². The van der Waals surface area contributed by atoms with Crippen LogP contribution in [0.15, 0.2) is 17.0 Å². The van der Waals surface area contributed by atoms with Crippen molar-refractivity contribution < 1.29 is 5.11 Å². The minimum atomic E-state index is -0.154. The van der Waals surface area contributed by atoms with Crippen molar-refractivity contribution >= 4 is 17.8 Å². The molecule has 0 aromatic heterocycles. The lowest BCUT2D eigenvalue weighted by Gasteiger charge is -2.28. The van der Waals surface area contributed by atoms with E-state index in [0.29, 0.717) is 10.7 Å². The van der Waals surface area contributed by atoms with Crippen molar-refractivity contribution in [2.75, 3.05) is 5.75 Å². The Kier molecular flexibility index (Phi) is 5.76. The highest BCUT2D eigenvalue weighted by atomic mass is 32.2. The van der Waals surface area contributed by atoms with Gasteiger partial charge < -0.3 is 5.11 Å². The maximum atomic E-state index is 10.7. The summed E-state index contributed by atoms with van der Waals surface area (Å²) >= 11 is 1.54. The Hall–Kier alpha value is -1.40. The smallest absolute Gasteiger partial charge is 0.123 e. The molecule has 1 aromatic carbocycles. The SMILES string of the molecule is CCSC(C#N)=Cc1cc(C(C)(C)C)c(O)c(C(C)(C)C)c1. The second-order valence-corrected chi connectivity index (χ2v) is 8.82. The summed E-state index contributed by atoms with van der Waals surface area (Å²) in [5.74, 6) is 1.24. The van der Waals surface area contributed by atoms with E-state index < -0.39 is 0 Å². The van der Waals surface area contributed by atoms with Crippen molar-refractivity contribution in [3.63, 3.8) is 0 Å². The van der Waals surface area contributed by atoms with Crippen molar-refractivity contribution in [3.05, 3.63) is 33.7 Å². The molecule has 1 rings (SSSR count). The van der Waals surface area contributed by atoms with E-state index in [1.165, 1.54) is 11.8 Å². The van der Waals surface area contributed by atoms with Crippen LogP contribution in [0, 0.1) is 11.3 Å². The summed E-state index contributed by atoms with van der Waals surface area (Å²) in [5.41, 5.74) is 2.51. The second-order valence-electron chi connectivity index (χ2n) is 7.52. The normalized spacial score (nSPS) is 13.1. The Labute approximate surface area is 139 Å². The third kappa shape index (κ3) is 4.55. The first-order valence-electron chi connectivity index (χ1n) is 7.63. The van der Waals surface area contributed by atoms with E-state index in [1.807, 2.05) is 25.1 Å². The minimum absolute atomic E-state index is 0.154. The molecule has 0 atom stereocenters. The van der Waals surface area contributed by atoms with Crippen molar-refractivity contribution in [2.24, 2.45) is 0 Å². The zero-order chi connectivity index (χ0) is 17.1. The van der Waals surface area contributed by atoms with Crippen molar-refractivity contribution in [1.82, 2.24) is 0 Å². The minimum Gasteiger partial charge on any atom is -0.507 e. The summed E-state index contributed by atoms with van der Waals surface area (Å²) in [6.45, 7) is 14.6. The molecule has 0 aliphatic rings. The highest BCUT2D eigenvalue weighted by Crippen LogP contribution is 2.40.